The van der Waals surface area contributed by atoms with E-state index in [1.165, 1.54) is 6.92 Å². The Labute approximate surface area is 150 Å². The maximum Gasteiger partial charge on any atom is 0.320 e. The third-order valence-corrected chi connectivity index (χ3v) is 2.52. The average Bonchev–Trinajstić information content (AvgIpc) is 2.23. The summed E-state index contributed by atoms with van der Waals surface area (Å²) in [4.78, 5) is 31.2. The van der Waals surface area contributed by atoms with E-state index in [9.17, 15) is 19.5 Å². The Balaban J connectivity index is -0.000000385. The van der Waals surface area contributed by atoms with Crippen molar-refractivity contribution in [2.45, 2.75) is 45.8 Å². The second-order valence-corrected chi connectivity index (χ2v) is 6.85. The number of likely N-dealkylation sites (N-methyl/N-ethyl adjacent to an activating group) is 1. The second kappa shape index (κ2) is 13.0. The quantitative estimate of drug-likeness (QED) is 0.440. The molecule has 0 aromatic rings. The first-order chi connectivity index (χ1) is 10.2. The second-order valence-electron chi connectivity index (χ2n) is 6.85. The zero-order chi connectivity index (χ0) is 18.8. The van der Waals surface area contributed by atoms with Crippen molar-refractivity contribution in [1.29, 1.82) is 0 Å². The van der Waals surface area contributed by atoms with Crippen molar-refractivity contribution >= 4 is 30.3 Å². The molecule has 0 fully saturated rings. The number of nitrogens with zero attached hydrogens (tertiary/aromatic N) is 1. The lowest BCUT2D eigenvalue weighted by atomic mass is 10.1. The first-order valence-electron chi connectivity index (χ1n) is 7.40. The molecular formula is C15H31ClN2O6. The van der Waals surface area contributed by atoms with Crippen LogP contribution in [0.15, 0.2) is 0 Å². The Bertz CT molecular complexity index is 380. The topological polar surface area (TPSA) is 130 Å². The van der Waals surface area contributed by atoms with Crippen molar-refractivity contribution in [3.8, 4) is 0 Å². The van der Waals surface area contributed by atoms with Gasteiger partial charge in [0.2, 0.25) is 0 Å². The van der Waals surface area contributed by atoms with Crippen molar-refractivity contribution in [3.05, 3.63) is 0 Å². The van der Waals surface area contributed by atoms with Crippen LogP contribution < -0.4 is 10.8 Å². The Morgan fingerprint density at radius 2 is 1.67 bits per heavy atom. The van der Waals surface area contributed by atoms with Gasteiger partial charge in [-0.25, -0.2) is 0 Å². The maximum atomic E-state index is 10.7. The minimum absolute atomic E-state index is 0. The lowest BCUT2D eigenvalue weighted by molar-refractivity contribution is -0.873. The van der Waals surface area contributed by atoms with Crippen LogP contribution in [0.5, 0.6) is 0 Å². The van der Waals surface area contributed by atoms with Gasteiger partial charge in [-0.3, -0.25) is 9.59 Å². The van der Waals surface area contributed by atoms with Gasteiger partial charge in [-0.1, -0.05) is 13.8 Å². The molecule has 0 spiro atoms. The van der Waals surface area contributed by atoms with Crippen LogP contribution in [0.3, 0.4) is 0 Å². The number of quaternary nitrogens is 1. The summed E-state index contributed by atoms with van der Waals surface area (Å²) in [7, 11) is 5.68. The van der Waals surface area contributed by atoms with Crippen LogP contribution in [-0.2, 0) is 19.1 Å². The molecule has 0 heterocycles. The van der Waals surface area contributed by atoms with Gasteiger partial charge in [-0.2, -0.15) is 0 Å². The normalized spacial score (nSPS) is 13.0. The van der Waals surface area contributed by atoms with E-state index in [4.69, 9.17) is 15.6 Å². The Morgan fingerprint density at radius 3 is 1.88 bits per heavy atom. The van der Waals surface area contributed by atoms with E-state index < -0.39 is 30.1 Å². The van der Waals surface area contributed by atoms with Gasteiger partial charge in [0.1, 0.15) is 12.6 Å². The molecule has 0 saturated heterocycles. The van der Waals surface area contributed by atoms with Crippen LogP contribution in [0.1, 0.15) is 33.6 Å². The van der Waals surface area contributed by atoms with Crippen molar-refractivity contribution in [1.82, 2.24) is 0 Å². The number of esters is 1. The summed E-state index contributed by atoms with van der Waals surface area (Å²) < 4.78 is 5.39. The molecule has 8 nitrogen and oxygen atoms in total. The van der Waals surface area contributed by atoms with Crippen molar-refractivity contribution in [2.24, 2.45) is 11.7 Å². The summed E-state index contributed by atoms with van der Waals surface area (Å²) >= 11 is 0. The summed E-state index contributed by atoms with van der Waals surface area (Å²) in [5, 5.41) is 18.7. The zero-order valence-electron chi connectivity index (χ0n) is 15.3. The molecule has 0 bridgehead atoms. The monoisotopic (exact) mass is 370 g/mol. The SMILES string of the molecule is CC(=O)OC(CC(=O)[O-])C[N+](C)(C)C.CC(C)C[C@H](N)C(=O)O.Cl. The van der Waals surface area contributed by atoms with Gasteiger partial charge >= 0.3 is 11.9 Å². The Kier molecular flexibility index (Phi) is 14.8. The molecule has 2 atom stereocenters. The van der Waals surface area contributed by atoms with Crippen LogP contribution >= 0.6 is 12.4 Å². The highest BCUT2D eigenvalue weighted by atomic mass is 35.5. The van der Waals surface area contributed by atoms with E-state index in [0.717, 1.165) is 0 Å². The number of halogens is 1. The highest BCUT2D eigenvalue weighted by Gasteiger charge is 2.20. The highest BCUT2D eigenvalue weighted by molar-refractivity contribution is 5.85. The number of carboxylic acids is 2. The average molecular weight is 371 g/mol. The molecule has 0 aliphatic heterocycles. The molecule has 0 aromatic carbocycles. The molecule has 0 aliphatic carbocycles. The molecule has 0 rings (SSSR count). The van der Waals surface area contributed by atoms with Gasteiger partial charge in [-0.05, 0) is 12.3 Å². The van der Waals surface area contributed by atoms with Crippen molar-refractivity contribution in [2.75, 3.05) is 27.7 Å². The fraction of sp³-hybridized carbons (Fsp3) is 0.800. The lowest BCUT2D eigenvalue weighted by Crippen LogP contribution is -2.45. The van der Waals surface area contributed by atoms with Crippen LogP contribution in [0.4, 0.5) is 0 Å². The number of rotatable bonds is 8. The molecule has 24 heavy (non-hydrogen) atoms. The number of carbonyl (C=O) groups excluding carboxylic acids is 2. The predicted molar refractivity (Wildman–Crippen MR) is 90.4 cm³/mol. The zero-order valence-corrected chi connectivity index (χ0v) is 16.1. The fourth-order valence-corrected chi connectivity index (χ4v) is 1.78. The van der Waals surface area contributed by atoms with E-state index in [2.05, 4.69) is 0 Å². The first kappa shape index (κ1) is 27.5. The minimum atomic E-state index is -1.20. The molecule has 9 heteroatoms. The molecule has 0 aromatic heterocycles. The smallest absolute Gasteiger partial charge is 0.320 e. The van der Waals surface area contributed by atoms with Crippen molar-refractivity contribution < 1.29 is 33.8 Å². The van der Waals surface area contributed by atoms with Gasteiger partial charge in [-0.15, -0.1) is 12.4 Å². The summed E-state index contributed by atoms with van der Waals surface area (Å²) in [6, 6.07) is -0.690. The van der Waals surface area contributed by atoms with Crippen molar-refractivity contribution in [3.63, 3.8) is 0 Å². The number of aliphatic carboxylic acids is 2. The number of carboxylic acid groups (broad SMARTS) is 2. The maximum absolute atomic E-state index is 10.7. The third kappa shape index (κ3) is 20.6. The number of hydrogen-bond donors (Lipinski definition) is 2. The number of ether oxygens (including phenoxy) is 1. The van der Waals surface area contributed by atoms with Gasteiger partial charge in [0, 0.05) is 19.3 Å². The summed E-state index contributed by atoms with van der Waals surface area (Å²) in [6.07, 6.45) is -0.317. The van der Waals surface area contributed by atoms with Crippen LogP contribution in [0, 0.1) is 5.92 Å². The minimum Gasteiger partial charge on any atom is -0.550 e. The van der Waals surface area contributed by atoms with Gasteiger partial charge in [0.05, 0.1) is 21.1 Å². The summed E-state index contributed by atoms with van der Waals surface area (Å²) in [5.74, 6) is -2.23. The molecule has 1 unspecified atom stereocenters. The summed E-state index contributed by atoms with van der Waals surface area (Å²) in [5.41, 5.74) is 5.22. The number of carbonyl (C=O) groups is 3. The number of nitrogens with two attached hydrogens (primary N) is 1. The van der Waals surface area contributed by atoms with Gasteiger partial charge < -0.3 is 30.0 Å². The lowest BCUT2D eigenvalue weighted by Gasteiger charge is -2.28. The standard InChI is InChI=1S/C9H17NO4.C6H13NO2.ClH/c1-7(11)14-8(5-9(12)13)6-10(2,3)4;1-4(2)3-5(7)6(8)9;/h8H,5-6H2,1-4H3;4-5H,3,7H2,1-2H3,(H,8,9);1H/t;5-;/m.0./s1. The van der Waals surface area contributed by atoms with Gasteiger partial charge in [0.25, 0.3) is 0 Å². The van der Waals surface area contributed by atoms with E-state index in [-0.39, 0.29) is 18.8 Å². The Morgan fingerprint density at radius 1 is 1.21 bits per heavy atom. The van der Waals surface area contributed by atoms with E-state index >= 15 is 0 Å². The highest BCUT2D eigenvalue weighted by Crippen LogP contribution is 2.04. The Hall–Kier alpha value is -1.38. The molecule has 144 valence electrons. The summed E-state index contributed by atoms with van der Waals surface area (Å²) in [6.45, 7) is 5.61. The van der Waals surface area contributed by atoms with E-state index in [0.29, 0.717) is 23.4 Å². The third-order valence-electron chi connectivity index (χ3n) is 2.52. The molecular weight excluding hydrogens is 340 g/mol. The first-order valence-corrected chi connectivity index (χ1v) is 7.40. The van der Waals surface area contributed by atoms with E-state index in [1.54, 1.807) is 0 Å². The molecule has 0 saturated carbocycles. The van der Waals surface area contributed by atoms with Gasteiger partial charge in [0.15, 0.2) is 6.10 Å². The molecule has 3 N–H and O–H groups in total. The fourth-order valence-electron chi connectivity index (χ4n) is 1.78. The largest absolute Gasteiger partial charge is 0.550 e. The number of hydrogen-bond acceptors (Lipinski definition) is 6. The van der Waals surface area contributed by atoms with Crippen LogP contribution in [0.25, 0.3) is 0 Å². The molecule has 0 aliphatic rings. The van der Waals surface area contributed by atoms with Crippen LogP contribution in [-0.4, -0.2) is 67.3 Å². The van der Waals surface area contributed by atoms with E-state index in [1.807, 2.05) is 35.0 Å². The molecule has 0 radical (unpaired) electrons. The molecule has 0 amide bonds. The van der Waals surface area contributed by atoms with Crippen LogP contribution in [0.2, 0.25) is 0 Å². The predicted octanol–water partition coefficient (Wildman–Crippen LogP) is -0.369.